The van der Waals surface area contributed by atoms with E-state index in [1.165, 1.54) is 25.1 Å². The predicted molar refractivity (Wildman–Crippen MR) is 84.5 cm³/mol. The van der Waals surface area contributed by atoms with E-state index in [-0.39, 0.29) is 11.4 Å². The first-order valence-corrected chi connectivity index (χ1v) is 7.18. The number of anilines is 2. The van der Waals surface area contributed by atoms with Gasteiger partial charge in [-0.05, 0) is 36.4 Å². The molecule has 0 spiro atoms. The maximum absolute atomic E-state index is 13.5. The molecule has 0 bridgehead atoms. The van der Waals surface area contributed by atoms with E-state index in [2.05, 4.69) is 5.32 Å². The normalized spacial score (nSPS) is 11.1. The Bertz CT molecular complexity index is 773. The second kappa shape index (κ2) is 7.33. The second-order valence-corrected chi connectivity index (χ2v) is 5.18. The number of amides is 2. The Morgan fingerprint density at radius 1 is 1.04 bits per heavy atom. The number of halogens is 4. The molecule has 132 valence electrons. The molecule has 2 aromatic carbocycles. The summed E-state index contributed by atoms with van der Waals surface area (Å²) in [7, 11) is 0. The van der Waals surface area contributed by atoms with Gasteiger partial charge in [-0.25, -0.2) is 4.39 Å². The van der Waals surface area contributed by atoms with Crippen LogP contribution in [0.5, 0.6) is 0 Å². The molecule has 1 N–H and O–H groups in total. The average molecular weight is 354 g/mol. The van der Waals surface area contributed by atoms with Gasteiger partial charge in [0.1, 0.15) is 12.4 Å². The molecule has 25 heavy (non-hydrogen) atoms. The van der Waals surface area contributed by atoms with Gasteiger partial charge in [0.15, 0.2) is 0 Å². The van der Waals surface area contributed by atoms with Gasteiger partial charge < -0.3 is 10.2 Å². The van der Waals surface area contributed by atoms with E-state index >= 15 is 0 Å². The van der Waals surface area contributed by atoms with E-state index in [4.69, 9.17) is 0 Å². The highest BCUT2D eigenvalue weighted by molar-refractivity contribution is 6.01. The summed E-state index contributed by atoms with van der Waals surface area (Å²) in [4.78, 5) is 24.8. The van der Waals surface area contributed by atoms with Crippen LogP contribution >= 0.6 is 0 Å². The zero-order valence-electron chi connectivity index (χ0n) is 13.1. The summed E-state index contributed by atoms with van der Waals surface area (Å²) >= 11 is 0. The number of rotatable bonds is 4. The summed E-state index contributed by atoms with van der Waals surface area (Å²) in [6.07, 6.45) is -4.50. The maximum Gasteiger partial charge on any atom is 0.416 e. The van der Waals surface area contributed by atoms with Crippen LogP contribution in [0.25, 0.3) is 0 Å². The standard InChI is InChI=1S/C17H14F4N2O2/c1-11(24)23(13-8-6-12(7-9-13)17(19,20)21)10-16(25)22-15-5-3-2-4-14(15)18/h2-9H,10H2,1H3,(H,22,25). The third-order valence-corrected chi connectivity index (χ3v) is 3.34. The van der Waals surface area contributed by atoms with Crippen LogP contribution in [0.3, 0.4) is 0 Å². The molecule has 2 amide bonds. The van der Waals surface area contributed by atoms with Crippen LogP contribution < -0.4 is 10.2 Å². The van der Waals surface area contributed by atoms with Crippen LogP contribution in [0, 0.1) is 5.82 Å². The number of benzene rings is 2. The Hall–Kier alpha value is -2.90. The lowest BCUT2D eigenvalue weighted by atomic mass is 10.2. The zero-order chi connectivity index (χ0) is 18.6. The number of nitrogens with zero attached hydrogens (tertiary/aromatic N) is 1. The minimum Gasteiger partial charge on any atom is -0.322 e. The van der Waals surface area contributed by atoms with Crippen molar-refractivity contribution in [1.82, 2.24) is 0 Å². The van der Waals surface area contributed by atoms with Crippen LogP contribution in [0.4, 0.5) is 28.9 Å². The first-order valence-electron chi connectivity index (χ1n) is 7.18. The van der Waals surface area contributed by atoms with Crippen molar-refractivity contribution in [2.75, 3.05) is 16.8 Å². The number of hydrogen-bond donors (Lipinski definition) is 1. The highest BCUT2D eigenvalue weighted by Gasteiger charge is 2.30. The number of para-hydroxylation sites is 1. The Kier molecular flexibility index (Phi) is 5.41. The van der Waals surface area contributed by atoms with Gasteiger partial charge in [0.05, 0.1) is 11.3 Å². The lowest BCUT2D eigenvalue weighted by molar-refractivity contribution is -0.137. The molecule has 0 fully saturated rings. The van der Waals surface area contributed by atoms with Gasteiger partial charge in [-0.2, -0.15) is 13.2 Å². The average Bonchev–Trinajstić information content (AvgIpc) is 2.54. The van der Waals surface area contributed by atoms with Crippen molar-refractivity contribution in [2.24, 2.45) is 0 Å². The zero-order valence-corrected chi connectivity index (χ0v) is 13.1. The van der Waals surface area contributed by atoms with E-state index in [1.54, 1.807) is 0 Å². The summed E-state index contributed by atoms with van der Waals surface area (Å²) in [6.45, 7) is 0.711. The van der Waals surface area contributed by atoms with Crippen LogP contribution in [-0.2, 0) is 15.8 Å². The Labute approximate surface area is 141 Å². The number of carbonyl (C=O) groups excluding carboxylic acids is 2. The number of hydrogen-bond acceptors (Lipinski definition) is 2. The molecule has 8 heteroatoms. The molecule has 0 aliphatic carbocycles. The topological polar surface area (TPSA) is 49.4 Å². The highest BCUT2D eigenvalue weighted by Crippen LogP contribution is 2.30. The molecule has 0 aliphatic heterocycles. The molecular formula is C17H14F4N2O2. The fourth-order valence-corrected chi connectivity index (χ4v) is 2.11. The van der Waals surface area contributed by atoms with E-state index in [0.717, 1.165) is 35.2 Å². The third kappa shape index (κ3) is 4.79. The molecule has 0 saturated carbocycles. The number of carbonyl (C=O) groups is 2. The minimum atomic E-state index is -4.50. The minimum absolute atomic E-state index is 0.0524. The molecule has 2 rings (SSSR count). The first-order chi connectivity index (χ1) is 11.7. The van der Waals surface area contributed by atoms with Gasteiger partial charge in [0, 0.05) is 12.6 Å². The van der Waals surface area contributed by atoms with Crippen molar-refractivity contribution in [1.29, 1.82) is 0 Å². The second-order valence-electron chi connectivity index (χ2n) is 5.18. The van der Waals surface area contributed by atoms with Gasteiger partial charge in [-0.3, -0.25) is 9.59 Å². The van der Waals surface area contributed by atoms with Crippen LogP contribution in [0.1, 0.15) is 12.5 Å². The molecule has 0 unspecified atom stereocenters. The monoisotopic (exact) mass is 354 g/mol. The number of nitrogens with one attached hydrogen (secondary N) is 1. The molecule has 0 radical (unpaired) electrons. The van der Waals surface area contributed by atoms with Gasteiger partial charge >= 0.3 is 6.18 Å². The van der Waals surface area contributed by atoms with Gasteiger partial charge in [0.25, 0.3) is 0 Å². The van der Waals surface area contributed by atoms with Crippen molar-refractivity contribution in [3.8, 4) is 0 Å². The molecule has 0 aliphatic rings. The lowest BCUT2D eigenvalue weighted by Crippen LogP contribution is -2.36. The van der Waals surface area contributed by atoms with E-state index < -0.39 is 35.9 Å². The van der Waals surface area contributed by atoms with Crippen LogP contribution in [-0.4, -0.2) is 18.4 Å². The van der Waals surface area contributed by atoms with Crippen molar-refractivity contribution < 1.29 is 27.2 Å². The lowest BCUT2D eigenvalue weighted by Gasteiger charge is -2.21. The van der Waals surface area contributed by atoms with Crippen molar-refractivity contribution in [3.05, 3.63) is 59.9 Å². The molecule has 0 aromatic heterocycles. The highest BCUT2D eigenvalue weighted by atomic mass is 19.4. The smallest absolute Gasteiger partial charge is 0.322 e. The SMILES string of the molecule is CC(=O)N(CC(=O)Nc1ccccc1F)c1ccc(C(F)(F)F)cc1. The summed E-state index contributed by atoms with van der Waals surface area (Å²) in [5, 5.41) is 2.31. The summed E-state index contributed by atoms with van der Waals surface area (Å²) < 4.78 is 51.3. The van der Waals surface area contributed by atoms with Gasteiger partial charge in [0.2, 0.25) is 11.8 Å². The Morgan fingerprint density at radius 2 is 1.64 bits per heavy atom. The Balaban J connectivity index is 2.14. The molecular weight excluding hydrogens is 340 g/mol. The molecule has 0 atom stereocenters. The fraction of sp³-hybridized carbons (Fsp3) is 0.176. The maximum atomic E-state index is 13.5. The van der Waals surface area contributed by atoms with Crippen molar-refractivity contribution in [2.45, 2.75) is 13.1 Å². The molecule has 0 heterocycles. The largest absolute Gasteiger partial charge is 0.416 e. The van der Waals surface area contributed by atoms with Crippen LogP contribution in [0.2, 0.25) is 0 Å². The summed E-state index contributed by atoms with van der Waals surface area (Å²) in [5.41, 5.74) is -0.789. The number of alkyl halides is 3. The van der Waals surface area contributed by atoms with Gasteiger partial charge in [-0.15, -0.1) is 0 Å². The summed E-state index contributed by atoms with van der Waals surface area (Å²) in [5.74, 6) is -1.86. The van der Waals surface area contributed by atoms with Crippen LogP contribution in [0.15, 0.2) is 48.5 Å². The first kappa shape index (κ1) is 18.4. The quantitative estimate of drug-likeness (QED) is 0.849. The third-order valence-electron chi connectivity index (χ3n) is 3.34. The van der Waals surface area contributed by atoms with E-state index in [9.17, 15) is 27.2 Å². The predicted octanol–water partition coefficient (Wildman–Crippen LogP) is 3.84. The molecule has 4 nitrogen and oxygen atoms in total. The van der Waals surface area contributed by atoms with Crippen molar-refractivity contribution >= 4 is 23.2 Å². The van der Waals surface area contributed by atoms with E-state index in [0.29, 0.717) is 0 Å². The molecule has 2 aromatic rings. The fourth-order valence-electron chi connectivity index (χ4n) is 2.11. The molecule has 0 saturated heterocycles. The van der Waals surface area contributed by atoms with Gasteiger partial charge in [-0.1, -0.05) is 12.1 Å². The Morgan fingerprint density at radius 3 is 2.16 bits per heavy atom. The van der Waals surface area contributed by atoms with Crippen molar-refractivity contribution in [3.63, 3.8) is 0 Å². The van der Waals surface area contributed by atoms with E-state index in [1.807, 2.05) is 0 Å². The summed E-state index contributed by atoms with van der Waals surface area (Å²) in [6, 6.07) is 9.32.